The third-order valence-corrected chi connectivity index (χ3v) is 1.73. The maximum atomic E-state index is 10.3. The van der Waals surface area contributed by atoms with Crippen LogP contribution in [0.4, 0.5) is 0 Å². The fourth-order valence-corrected chi connectivity index (χ4v) is 1.15. The van der Waals surface area contributed by atoms with Crippen LogP contribution in [0.5, 0.6) is 0 Å². The van der Waals surface area contributed by atoms with E-state index in [1.807, 2.05) is 0 Å². The molecule has 0 aromatic carbocycles. The average Bonchev–Trinajstić information content (AvgIpc) is 2.75. The van der Waals surface area contributed by atoms with Crippen LogP contribution in [0.1, 0.15) is 11.9 Å². The molecule has 1 aliphatic rings. The summed E-state index contributed by atoms with van der Waals surface area (Å²) in [5.74, 6) is 1.21. The summed E-state index contributed by atoms with van der Waals surface area (Å²) in [6, 6.07) is 0.0280. The van der Waals surface area contributed by atoms with E-state index < -0.39 is 0 Å². The molecule has 0 saturated carbocycles. The molecule has 0 aliphatic carbocycles. The highest BCUT2D eigenvalue weighted by atomic mass is 16.1. The van der Waals surface area contributed by atoms with Gasteiger partial charge in [-0.1, -0.05) is 0 Å². The van der Waals surface area contributed by atoms with Crippen LogP contribution in [0, 0.1) is 0 Å². The number of hydrogen-bond acceptors (Lipinski definition) is 4. The number of aliphatic imine (C=N–C) groups is 1. The number of H-pyrrole nitrogens is 1. The van der Waals surface area contributed by atoms with Gasteiger partial charge in [0.1, 0.15) is 11.9 Å². The topological polar surface area (TPSA) is 70.1 Å². The zero-order chi connectivity index (χ0) is 8.39. The second kappa shape index (κ2) is 2.77. The molecule has 5 heteroatoms. The second-order valence-electron chi connectivity index (χ2n) is 2.52. The first-order chi connectivity index (χ1) is 5.90. The number of hydrogen-bond donors (Lipinski definition) is 2. The van der Waals surface area contributed by atoms with Gasteiger partial charge in [0.15, 0.2) is 12.1 Å². The van der Waals surface area contributed by atoms with E-state index in [9.17, 15) is 4.79 Å². The third kappa shape index (κ3) is 1.09. The normalized spacial score (nSPS) is 21.7. The first kappa shape index (κ1) is 7.02. The molecule has 5 nitrogen and oxygen atoms in total. The molecule has 1 atom stereocenters. The Hall–Kier alpha value is -1.65. The quantitative estimate of drug-likeness (QED) is 0.587. The van der Waals surface area contributed by atoms with Crippen LogP contribution >= 0.6 is 0 Å². The molecule has 0 fully saturated rings. The van der Waals surface area contributed by atoms with Gasteiger partial charge < -0.3 is 10.3 Å². The summed E-state index contributed by atoms with van der Waals surface area (Å²) >= 11 is 0. The molecule has 12 heavy (non-hydrogen) atoms. The number of amidine groups is 1. The predicted molar refractivity (Wildman–Crippen MR) is 42.8 cm³/mol. The maximum absolute atomic E-state index is 10.3. The van der Waals surface area contributed by atoms with Gasteiger partial charge in [0.2, 0.25) is 0 Å². The number of nitrogens with zero attached hydrogens (tertiary/aromatic N) is 2. The van der Waals surface area contributed by atoms with E-state index >= 15 is 0 Å². The van der Waals surface area contributed by atoms with Crippen LogP contribution in [0.2, 0.25) is 0 Å². The zero-order valence-corrected chi connectivity index (χ0v) is 6.32. The van der Waals surface area contributed by atoms with E-state index in [1.54, 1.807) is 12.4 Å². The van der Waals surface area contributed by atoms with Gasteiger partial charge >= 0.3 is 0 Å². The van der Waals surface area contributed by atoms with E-state index in [-0.39, 0.29) is 6.04 Å². The predicted octanol–water partition coefficient (Wildman–Crippen LogP) is -0.349. The van der Waals surface area contributed by atoms with Crippen molar-refractivity contribution in [2.24, 2.45) is 4.99 Å². The molecule has 1 aliphatic heterocycles. The van der Waals surface area contributed by atoms with Crippen molar-refractivity contribution in [3.05, 3.63) is 18.2 Å². The van der Waals surface area contributed by atoms with Crippen molar-refractivity contribution >= 4 is 12.1 Å². The van der Waals surface area contributed by atoms with Gasteiger partial charge in [0.25, 0.3) is 0 Å². The van der Waals surface area contributed by atoms with E-state index in [0.29, 0.717) is 18.7 Å². The summed E-state index contributed by atoms with van der Waals surface area (Å²) in [5.41, 5.74) is 0. The number of carbonyl (C=O) groups is 1. The summed E-state index contributed by atoms with van der Waals surface area (Å²) in [7, 11) is 0. The lowest BCUT2D eigenvalue weighted by Gasteiger charge is -2.05. The number of aldehydes is 1. The molecule has 1 unspecified atom stereocenters. The number of aromatic nitrogens is 2. The molecule has 1 aromatic rings. The lowest BCUT2D eigenvalue weighted by molar-refractivity contribution is -0.102. The molecule has 0 spiro atoms. The van der Waals surface area contributed by atoms with Crippen LogP contribution in [-0.2, 0) is 4.79 Å². The van der Waals surface area contributed by atoms with Crippen molar-refractivity contribution in [2.75, 3.05) is 6.54 Å². The Morgan fingerprint density at radius 1 is 1.67 bits per heavy atom. The second-order valence-corrected chi connectivity index (χ2v) is 2.52. The Bertz CT molecular complexity index is 303. The minimum Gasteiger partial charge on any atom is -0.356 e. The van der Waals surface area contributed by atoms with Crippen LogP contribution in [0.25, 0.3) is 0 Å². The molecule has 2 heterocycles. The molecule has 2 N–H and O–H groups in total. The summed E-state index contributed by atoms with van der Waals surface area (Å²) in [6.07, 6.45) is 4.13. The molecule has 0 radical (unpaired) electrons. The molecular weight excluding hydrogens is 156 g/mol. The Morgan fingerprint density at radius 3 is 3.17 bits per heavy atom. The van der Waals surface area contributed by atoms with E-state index in [1.165, 1.54) is 0 Å². The monoisotopic (exact) mass is 164 g/mol. The summed E-state index contributed by atoms with van der Waals surface area (Å²) in [5, 5.41) is 2.93. The highest BCUT2D eigenvalue weighted by Crippen LogP contribution is 2.11. The summed E-state index contributed by atoms with van der Waals surface area (Å²) in [6.45, 7) is 0.571. The molecule has 0 saturated heterocycles. The van der Waals surface area contributed by atoms with Crippen molar-refractivity contribution in [1.29, 1.82) is 0 Å². The Kier molecular flexibility index (Phi) is 1.62. The van der Waals surface area contributed by atoms with Crippen LogP contribution in [0.15, 0.2) is 17.4 Å². The van der Waals surface area contributed by atoms with Gasteiger partial charge in [0.05, 0.1) is 6.54 Å². The van der Waals surface area contributed by atoms with Crippen LogP contribution in [-0.4, -0.2) is 28.6 Å². The maximum Gasteiger partial charge on any atom is 0.184 e. The molecule has 0 bridgehead atoms. The number of imidazole rings is 1. The van der Waals surface area contributed by atoms with E-state index in [0.717, 1.165) is 5.82 Å². The molecule has 2 rings (SSSR count). The largest absolute Gasteiger partial charge is 0.356 e. The van der Waals surface area contributed by atoms with Gasteiger partial charge in [0, 0.05) is 12.4 Å². The van der Waals surface area contributed by atoms with Gasteiger partial charge in [-0.15, -0.1) is 0 Å². The standard InChI is InChI=1S/C7H8N4O/c12-4-6-10-3-5(11-6)7-8-1-2-9-7/h1-2,4-5H,3H2,(H,8,9)(H,10,11). The Morgan fingerprint density at radius 2 is 2.58 bits per heavy atom. The van der Waals surface area contributed by atoms with Crippen LogP contribution in [0.3, 0.4) is 0 Å². The summed E-state index contributed by atoms with van der Waals surface area (Å²) < 4.78 is 0. The van der Waals surface area contributed by atoms with Gasteiger partial charge in [-0.05, 0) is 0 Å². The SMILES string of the molecule is O=CC1=NCC(c2ncc[nH]2)N1. The number of rotatable bonds is 2. The van der Waals surface area contributed by atoms with Crippen molar-refractivity contribution in [2.45, 2.75) is 6.04 Å². The van der Waals surface area contributed by atoms with Crippen LogP contribution < -0.4 is 5.32 Å². The van der Waals surface area contributed by atoms with E-state index in [2.05, 4.69) is 20.3 Å². The minimum atomic E-state index is 0.0280. The first-order valence-electron chi connectivity index (χ1n) is 3.65. The first-order valence-corrected chi connectivity index (χ1v) is 3.65. The molecular formula is C7H8N4O. The molecule has 1 aromatic heterocycles. The van der Waals surface area contributed by atoms with Gasteiger partial charge in [-0.3, -0.25) is 9.79 Å². The number of carbonyl (C=O) groups excluding carboxylic acids is 1. The van der Waals surface area contributed by atoms with Crippen molar-refractivity contribution in [3.8, 4) is 0 Å². The van der Waals surface area contributed by atoms with Gasteiger partial charge in [-0.25, -0.2) is 4.98 Å². The summed E-state index contributed by atoms with van der Waals surface area (Å²) in [4.78, 5) is 21.3. The van der Waals surface area contributed by atoms with Crippen molar-refractivity contribution in [3.63, 3.8) is 0 Å². The zero-order valence-electron chi connectivity index (χ0n) is 6.32. The van der Waals surface area contributed by atoms with E-state index in [4.69, 9.17) is 0 Å². The van der Waals surface area contributed by atoms with Crippen molar-refractivity contribution < 1.29 is 4.79 Å². The number of aromatic amines is 1. The minimum absolute atomic E-state index is 0.0280. The highest BCUT2D eigenvalue weighted by molar-refractivity contribution is 6.27. The van der Waals surface area contributed by atoms with Crippen molar-refractivity contribution in [1.82, 2.24) is 15.3 Å². The lowest BCUT2D eigenvalue weighted by Crippen LogP contribution is -2.24. The number of nitrogens with one attached hydrogen (secondary N) is 2. The average molecular weight is 164 g/mol. The molecule has 62 valence electrons. The third-order valence-electron chi connectivity index (χ3n) is 1.73. The fraction of sp³-hybridized carbons (Fsp3) is 0.286. The smallest absolute Gasteiger partial charge is 0.184 e. The van der Waals surface area contributed by atoms with Gasteiger partial charge in [-0.2, -0.15) is 0 Å². The lowest BCUT2D eigenvalue weighted by atomic mass is 10.3. The Labute approximate surface area is 68.9 Å². The molecule has 0 amide bonds. The Balaban J connectivity index is 2.08. The fourth-order valence-electron chi connectivity index (χ4n) is 1.15. The highest BCUT2D eigenvalue weighted by Gasteiger charge is 2.19.